The molecule has 80 valence electrons. The molecule has 0 saturated heterocycles. The predicted molar refractivity (Wildman–Crippen MR) is 57.2 cm³/mol. The summed E-state index contributed by atoms with van der Waals surface area (Å²) < 4.78 is 0. The molecule has 0 spiro atoms. The SMILES string of the molecule is O=N[C@H](Cl)Cc1c(Cl)cccc1[N+](=O)[O-]. The van der Waals surface area contributed by atoms with Gasteiger partial charge in [0.25, 0.3) is 5.69 Å². The Labute approximate surface area is 95.1 Å². The molecule has 0 radical (unpaired) electrons. The molecular formula is C8H6Cl2N2O3. The molecule has 0 aliphatic carbocycles. The molecule has 7 heteroatoms. The fourth-order valence-electron chi connectivity index (χ4n) is 1.13. The normalized spacial score (nSPS) is 12.1. The quantitative estimate of drug-likeness (QED) is 0.270. The number of alkyl halides is 1. The maximum Gasteiger partial charge on any atom is 0.274 e. The summed E-state index contributed by atoms with van der Waals surface area (Å²) in [5, 5.41) is 13.4. The molecule has 0 bridgehead atoms. The number of benzene rings is 1. The zero-order valence-electron chi connectivity index (χ0n) is 7.39. The molecule has 1 rings (SSSR count). The number of nitro benzene ring substituents is 1. The van der Waals surface area contributed by atoms with Gasteiger partial charge in [0, 0.05) is 12.5 Å². The van der Waals surface area contributed by atoms with Gasteiger partial charge in [-0.05, 0) is 11.2 Å². The van der Waals surface area contributed by atoms with Crippen molar-refractivity contribution >= 4 is 28.9 Å². The van der Waals surface area contributed by atoms with Crippen LogP contribution in [0.15, 0.2) is 23.4 Å². The summed E-state index contributed by atoms with van der Waals surface area (Å²) in [7, 11) is 0. The van der Waals surface area contributed by atoms with E-state index in [1.807, 2.05) is 0 Å². The average molecular weight is 249 g/mol. The molecule has 0 unspecified atom stereocenters. The Morgan fingerprint density at radius 2 is 2.20 bits per heavy atom. The van der Waals surface area contributed by atoms with E-state index in [9.17, 15) is 15.0 Å². The first kappa shape index (κ1) is 11.9. The van der Waals surface area contributed by atoms with E-state index in [1.165, 1.54) is 18.2 Å². The molecule has 0 aliphatic heterocycles. The van der Waals surface area contributed by atoms with E-state index in [0.29, 0.717) is 0 Å². The van der Waals surface area contributed by atoms with Crippen molar-refractivity contribution in [3.63, 3.8) is 0 Å². The van der Waals surface area contributed by atoms with Crippen LogP contribution >= 0.6 is 23.2 Å². The van der Waals surface area contributed by atoms with Gasteiger partial charge in [0.1, 0.15) is 0 Å². The van der Waals surface area contributed by atoms with Crippen LogP contribution in [0.4, 0.5) is 5.69 Å². The Balaban J connectivity index is 3.13. The average Bonchev–Trinajstić information content (AvgIpc) is 2.20. The van der Waals surface area contributed by atoms with E-state index in [4.69, 9.17) is 23.2 Å². The highest BCUT2D eigenvalue weighted by Crippen LogP contribution is 2.28. The summed E-state index contributed by atoms with van der Waals surface area (Å²) in [6.45, 7) is 0. The lowest BCUT2D eigenvalue weighted by Crippen LogP contribution is -2.03. The number of hydrogen-bond acceptors (Lipinski definition) is 4. The molecular weight excluding hydrogens is 243 g/mol. The first-order chi connectivity index (χ1) is 7.06. The Morgan fingerprint density at radius 3 is 2.73 bits per heavy atom. The van der Waals surface area contributed by atoms with Crippen LogP contribution in [0.1, 0.15) is 5.56 Å². The Kier molecular flexibility index (Phi) is 3.99. The number of nitrogens with zero attached hydrogens (tertiary/aromatic N) is 2. The lowest BCUT2D eigenvalue weighted by atomic mass is 10.1. The topological polar surface area (TPSA) is 72.6 Å². The number of hydrogen-bond donors (Lipinski definition) is 0. The van der Waals surface area contributed by atoms with Crippen LogP contribution in [0, 0.1) is 15.0 Å². The van der Waals surface area contributed by atoms with Gasteiger partial charge in [-0.15, -0.1) is 4.91 Å². The van der Waals surface area contributed by atoms with Crippen LogP contribution in [0.2, 0.25) is 5.02 Å². The van der Waals surface area contributed by atoms with Crippen molar-refractivity contribution < 1.29 is 4.92 Å². The van der Waals surface area contributed by atoms with Crippen molar-refractivity contribution in [2.75, 3.05) is 0 Å². The molecule has 0 N–H and O–H groups in total. The van der Waals surface area contributed by atoms with Gasteiger partial charge in [-0.2, -0.15) is 0 Å². The fourth-order valence-corrected chi connectivity index (χ4v) is 1.53. The molecule has 0 fully saturated rings. The first-order valence-electron chi connectivity index (χ1n) is 3.94. The number of rotatable bonds is 4. The second kappa shape index (κ2) is 5.04. The van der Waals surface area contributed by atoms with Gasteiger partial charge in [0.05, 0.1) is 15.5 Å². The van der Waals surface area contributed by atoms with Crippen LogP contribution in [-0.2, 0) is 6.42 Å². The van der Waals surface area contributed by atoms with E-state index >= 15 is 0 Å². The molecule has 1 aromatic carbocycles. The molecule has 1 aromatic rings. The monoisotopic (exact) mass is 248 g/mol. The van der Waals surface area contributed by atoms with Gasteiger partial charge in [0.15, 0.2) is 5.50 Å². The molecule has 15 heavy (non-hydrogen) atoms. The van der Waals surface area contributed by atoms with Gasteiger partial charge < -0.3 is 0 Å². The van der Waals surface area contributed by atoms with E-state index in [0.717, 1.165) is 0 Å². The summed E-state index contributed by atoms with van der Waals surface area (Å²) >= 11 is 11.3. The summed E-state index contributed by atoms with van der Waals surface area (Å²) in [6, 6.07) is 4.26. The second-order valence-corrected chi connectivity index (χ2v) is 3.65. The zero-order valence-corrected chi connectivity index (χ0v) is 8.90. The zero-order chi connectivity index (χ0) is 11.4. The van der Waals surface area contributed by atoms with Crippen LogP contribution in [0.5, 0.6) is 0 Å². The lowest BCUT2D eigenvalue weighted by molar-refractivity contribution is -0.385. The third-order valence-corrected chi connectivity index (χ3v) is 2.37. The van der Waals surface area contributed by atoms with E-state index in [2.05, 4.69) is 5.18 Å². The van der Waals surface area contributed by atoms with E-state index in [-0.39, 0.29) is 22.7 Å². The van der Waals surface area contributed by atoms with Gasteiger partial charge >= 0.3 is 0 Å². The van der Waals surface area contributed by atoms with E-state index < -0.39 is 10.4 Å². The minimum absolute atomic E-state index is 0.0545. The molecule has 1 atom stereocenters. The summed E-state index contributed by atoms with van der Waals surface area (Å²) in [4.78, 5) is 20.2. The Hall–Kier alpha value is -1.20. The van der Waals surface area contributed by atoms with Crippen LogP contribution < -0.4 is 0 Å². The predicted octanol–water partition coefficient (Wildman–Crippen LogP) is 3.12. The maximum absolute atomic E-state index is 10.6. The molecule has 0 aliphatic rings. The Bertz CT molecular complexity index is 397. The van der Waals surface area contributed by atoms with Crippen LogP contribution in [0.25, 0.3) is 0 Å². The molecule has 0 amide bonds. The number of nitroso groups, excluding NO2 is 1. The first-order valence-corrected chi connectivity index (χ1v) is 4.76. The lowest BCUT2D eigenvalue weighted by Gasteiger charge is -2.04. The third kappa shape index (κ3) is 2.87. The Morgan fingerprint density at radius 1 is 1.53 bits per heavy atom. The number of halogens is 2. The molecule has 5 nitrogen and oxygen atoms in total. The van der Waals surface area contributed by atoms with Gasteiger partial charge in [-0.25, -0.2) is 0 Å². The highest BCUT2D eigenvalue weighted by atomic mass is 35.5. The molecule has 0 aromatic heterocycles. The fraction of sp³-hybridized carbons (Fsp3) is 0.250. The number of nitro groups is 1. The standard InChI is InChI=1S/C8H6Cl2N2O3/c9-6-2-1-3-7(12(14)15)5(6)4-8(10)11-13/h1-3,8H,4H2/t8-/m0/s1. The van der Waals surface area contributed by atoms with Crippen LogP contribution in [0.3, 0.4) is 0 Å². The third-order valence-electron chi connectivity index (χ3n) is 1.78. The van der Waals surface area contributed by atoms with Crippen LogP contribution in [-0.4, -0.2) is 10.4 Å². The second-order valence-electron chi connectivity index (χ2n) is 2.74. The summed E-state index contributed by atoms with van der Waals surface area (Å²) in [5.74, 6) is 0. The van der Waals surface area contributed by atoms with Gasteiger partial charge in [-0.3, -0.25) is 10.1 Å². The maximum atomic E-state index is 10.6. The van der Waals surface area contributed by atoms with Gasteiger partial charge in [-0.1, -0.05) is 29.3 Å². The largest absolute Gasteiger partial charge is 0.274 e. The van der Waals surface area contributed by atoms with Crippen molar-refractivity contribution in [3.05, 3.63) is 43.8 Å². The van der Waals surface area contributed by atoms with Crippen molar-refractivity contribution in [1.29, 1.82) is 0 Å². The summed E-state index contributed by atoms with van der Waals surface area (Å²) in [5.41, 5.74) is -0.982. The highest BCUT2D eigenvalue weighted by Gasteiger charge is 2.19. The van der Waals surface area contributed by atoms with Crippen molar-refractivity contribution in [1.82, 2.24) is 0 Å². The highest BCUT2D eigenvalue weighted by molar-refractivity contribution is 6.31. The smallest absolute Gasteiger partial charge is 0.258 e. The van der Waals surface area contributed by atoms with Crippen molar-refractivity contribution in [3.8, 4) is 0 Å². The summed E-state index contributed by atoms with van der Waals surface area (Å²) in [6.07, 6.45) is -0.0545. The molecule has 0 heterocycles. The van der Waals surface area contributed by atoms with Crippen molar-refractivity contribution in [2.24, 2.45) is 5.18 Å². The molecule has 0 saturated carbocycles. The van der Waals surface area contributed by atoms with Crippen molar-refractivity contribution in [2.45, 2.75) is 11.9 Å². The van der Waals surface area contributed by atoms with Gasteiger partial charge in [0.2, 0.25) is 0 Å². The van der Waals surface area contributed by atoms with E-state index in [1.54, 1.807) is 0 Å². The minimum Gasteiger partial charge on any atom is -0.258 e. The minimum atomic E-state index is -1.05.